The number of hydrogen-bond donors (Lipinski definition) is 0. The molecule has 0 saturated heterocycles. The summed E-state index contributed by atoms with van der Waals surface area (Å²) in [6, 6.07) is 19.3. The largest absolute Gasteiger partial charge is 0.452 e. The number of ketones is 1. The van der Waals surface area contributed by atoms with E-state index < -0.39 is 5.97 Å². The number of benzene rings is 3. The molecule has 0 bridgehead atoms. The molecule has 0 radical (unpaired) electrons. The molecule has 1 aliphatic rings. The summed E-state index contributed by atoms with van der Waals surface area (Å²) < 4.78 is 16.8. The van der Waals surface area contributed by atoms with E-state index >= 15 is 0 Å². The summed E-state index contributed by atoms with van der Waals surface area (Å²) in [5.41, 5.74) is 3.06. The van der Waals surface area contributed by atoms with Crippen molar-refractivity contribution in [2.75, 3.05) is 0 Å². The van der Waals surface area contributed by atoms with Gasteiger partial charge in [0.25, 0.3) is 0 Å². The number of carbonyl (C=O) groups is 2. The summed E-state index contributed by atoms with van der Waals surface area (Å²) in [4.78, 5) is 25.4. The summed E-state index contributed by atoms with van der Waals surface area (Å²) in [6.07, 6.45) is 1.71. The SMILES string of the molecule is CC(C)(C)c1ccc(/C=C2\Oc3cc(OC(=O)c4cc5cc(Cl)ccc5o4)ccc3C2=O)cc1. The lowest BCUT2D eigenvalue weighted by atomic mass is 9.86. The van der Waals surface area contributed by atoms with Crippen LogP contribution in [-0.4, -0.2) is 11.8 Å². The van der Waals surface area contributed by atoms with Crippen molar-refractivity contribution in [1.29, 1.82) is 0 Å². The van der Waals surface area contributed by atoms with Gasteiger partial charge in [0.15, 0.2) is 5.76 Å². The Labute approximate surface area is 201 Å². The van der Waals surface area contributed by atoms with Crippen LogP contribution in [0.2, 0.25) is 5.02 Å². The first-order chi connectivity index (χ1) is 16.2. The molecule has 6 heteroatoms. The Hall–Kier alpha value is -3.83. The van der Waals surface area contributed by atoms with Crippen molar-refractivity contribution in [2.45, 2.75) is 26.2 Å². The van der Waals surface area contributed by atoms with E-state index in [-0.39, 0.29) is 28.5 Å². The van der Waals surface area contributed by atoms with E-state index in [1.54, 1.807) is 42.5 Å². The molecular weight excluding hydrogens is 452 g/mol. The molecule has 0 saturated carbocycles. The Morgan fingerprint density at radius 2 is 1.74 bits per heavy atom. The van der Waals surface area contributed by atoms with Gasteiger partial charge in [-0.2, -0.15) is 0 Å². The maximum absolute atomic E-state index is 12.8. The molecule has 5 nitrogen and oxygen atoms in total. The van der Waals surface area contributed by atoms with E-state index in [0.29, 0.717) is 27.3 Å². The van der Waals surface area contributed by atoms with Crippen LogP contribution in [0.3, 0.4) is 0 Å². The lowest BCUT2D eigenvalue weighted by molar-refractivity contribution is 0.0703. The van der Waals surface area contributed by atoms with Crippen LogP contribution in [0.25, 0.3) is 17.0 Å². The van der Waals surface area contributed by atoms with Crippen LogP contribution >= 0.6 is 11.6 Å². The standard InChI is InChI=1S/C28H21ClO5/c1-28(2,3)18-6-4-16(5-7-18)12-24-26(30)21-10-9-20(15-23(21)34-24)32-27(31)25-14-17-13-19(29)8-11-22(17)33-25/h4-15H,1-3H3/b24-12-. The van der Waals surface area contributed by atoms with Crippen molar-refractivity contribution < 1.29 is 23.5 Å². The van der Waals surface area contributed by atoms with Gasteiger partial charge in [0.2, 0.25) is 11.5 Å². The van der Waals surface area contributed by atoms with Crippen molar-refractivity contribution >= 4 is 40.4 Å². The Bertz CT molecular complexity index is 1470. The number of carbonyl (C=O) groups excluding carboxylic acids is 2. The molecule has 0 unspecified atom stereocenters. The van der Waals surface area contributed by atoms with E-state index in [1.165, 1.54) is 11.6 Å². The predicted octanol–water partition coefficient (Wildman–Crippen LogP) is 7.22. The fourth-order valence-corrected chi connectivity index (χ4v) is 3.91. The minimum Gasteiger partial charge on any atom is -0.452 e. The molecule has 0 N–H and O–H groups in total. The number of furan rings is 1. The zero-order chi connectivity index (χ0) is 24.0. The summed E-state index contributed by atoms with van der Waals surface area (Å²) in [7, 11) is 0. The quantitative estimate of drug-likeness (QED) is 0.179. The van der Waals surface area contributed by atoms with E-state index in [1.807, 2.05) is 24.3 Å². The van der Waals surface area contributed by atoms with E-state index in [2.05, 4.69) is 20.8 Å². The van der Waals surface area contributed by atoms with Crippen LogP contribution in [0.4, 0.5) is 0 Å². The van der Waals surface area contributed by atoms with Crippen molar-refractivity contribution in [3.05, 3.63) is 100.0 Å². The molecule has 5 rings (SSSR count). The van der Waals surface area contributed by atoms with Gasteiger partial charge in [-0.15, -0.1) is 0 Å². The first kappa shape index (κ1) is 22.0. The van der Waals surface area contributed by atoms with Crippen LogP contribution in [-0.2, 0) is 5.41 Å². The van der Waals surface area contributed by atoms with Gasteiger partial charge in [-0.25, -0.2) is 4.79 Å². The molecule has 3 aromatic carbocycles. The average molecular weight is 473 g/mol. The maximum atomic E-state index is 12.8. The summed E-state index contributed by atoms with van der Waals surface area (Å²) >= 11 is 5.99. The molecular formula is C28H21ClO5. The van der Waals surface area contributed by atoms with Gasteiger partial charge in [-0.3, -0.25) is 4.79 Å². The molecule has 0 fully saturated rings. The lowest BCUT2D eigenvalue weighted by Gasteiger charge is -2.18. The van der Waals surface area contributed by atoms with Gasteiger partial charge in [-0.05, 0) is 59.0 Å². The topological polar surface area (TPSA) is 65.7 Å². The Kier molecular flexibility index (Phi) is 5.29. The molecule has 170 valence electrons. The molecule has 34 heavy (non-hydrogen) atoms. The maximum Gasteiger partial charge on any atom is 0.379 e. The van der Waals surface area contributed by atoms with Crippen LogP contribution < -0.4 is 9.47 Å². The van der Waals surface area contributed by atoms with Gasteiger partial charge < -0.3 is 13.9 Å². The zero-order valence-electron chi connectivity index (χ0n) is 18.8. The molecule has 4 aromatic rings. The number of hydrogen-bond acceptors (Lipinski definition) is 5. The number of Topliss-reactive ketones (excluding diaryl/α,β-unsaturated/α-hetero) is 1. The highest BCUT2D eigenvalue weighted by atomic mass is 35.5. The first-order valence-electron chi connectivity index (χ1n) is 10.8. The summed E-state index contributed by atoms with van der Waals surface area (Å²) in [5.74, 6) is -0.0338. The van der Waals surface area contributed by atoms with Crippen LogP contribution in [0.1, 0.15) is 52.8 Å². The van der Waals surface area contributed by atoms with E-state index in [0.717, 1.165) is 5.56 Å². The number of halogens is 1. The third kappa shape index (κ3) is 4.22. The number of esters is 1. The monoisotopic (exact) mass is 472 g/mol. The normalized spacial score (nSPS) is 14.4. The van der Waals surface area contributed by atoms with Crippen molar-refractivity contribution in [2.24, 2.45) is 0 Å². The number of allylic oxidation sites excluding steroid dienone is 1. The lowest BCUT2D eigenvalue weighted by Crippen LogP contribution is -2.10. The highest BCUT2D eigenvalue weighted by molar-refractivity contribution is 6.31. The van der Waals surface area contributed by atoms with Crippen molar-refractivity contribution in [1.82, 2.24) is 0 Å². The van der Waals surface area contributed by atoms with Crippen LogP contribution in [0.5, 0.6) is 11.5 Å². The highest BCUT2D eigenvalue weighted by Crippen LogP contribution is 2.35. The molecule has 0 spiro atoms. The highest BCUT2D eigenvalue weighted by Gasteiger charge is 2.28. The minimum atomic E-state index is -0.661. The molecule has 0 atom stereocenters. The van der Waals surface area contributed by atoms with Gasteiger partial charge in [0.1, 0.15) is 17.1 Å². The van der Waals surface area contributed by atoms with E-state index in [9.17, 15) is 9.59 Å². The zero-order valence-corrected chi connectivity index (χ0v) is 19.6. The van der Waals surface area contributed by atoms with Gasteiger partial charge >= 0.3 is 5.97 Å². The average Bonchev–Trinajstić information content (AvgIpc) is 3.34. The van der Waals surface area contributed by atoms with Crippen LogP contribution in [0.15, 0.2) is 76.9 Å². The predicted molar refractivity (Wildman–Crippen MR) is 131 cm³/mol. The Balaban J connectivity index is 1.34. The number of ether oxygens (including phenoxy) is 2. The third-order valence-electron chi connectivity index (χ3n) is 5.61. The van der Waals surface area contributed by atoms with Crippen molar-refractivity contribution in [3.63, 3.8) is 0 Å². The Morgan fingerprint density at radius 1 is 0.971 bits per heavy atom. The van der Waals surface area contributed by atoms with Gasteiger partial charge in [-0.1, -0.05) is 56.6 Å². The molecule has 1 aliphatic heterocycles. The molecule has 1 aromatic heterocycles. The minimum absolute atomic E-state index is 0.0465. The van der Waals surface area contributed by atoms with Gasteiger partial charge in [0.05, 0.1) is 5.56 Å². The summed E-state index contributed by atoms with van der Waals surface area (Å²) in [5, 5.41) is 1.25. The van der Waals surface area contributed by atoms with Crippen molar-refractivity contribution in [3.8, 4) is 11.5 Å². The smallest absolute Gasteiger partial charge is 0.379 e. The number of rotatable bonds is 3. The van der Waals surface area contributed by atoms with Gasteiger partial charge in [0, 0.05) is 16.5 Å². The second kappa shape index (κ2) is 8.19. The molecule has 0 aliphatic carbocycles. The number of fused-ring (bicyclic) bond motifs is 2. The second-order valence-electron chi connectivity index (χ2n) is 9.15. The first-order valence-corrected chi connectivity index (χ1v) is 11.2. The van der Waals surface area contributed by atoms with Crippen LogP contribution in [0, 0.1) is 0 Å². The third-order valence-corrected chi connectivity index (χ3v) is 5.84. The summed E-state index contributed by atoms with van der Waals surface area (Å²) in [6.45, 7) is 6.44. The second-order valence-corrected chi connectivity index (χ2v) is 9.59. The fraction of sp³-hybridized carbons (Fsp3) is 0.143. The fourth-order valence-electron chi connectivity index (χ4n) is 3.73. The Morgan fingerprint density at radius 3 is 2.47 bits per heavy atom. The molecule has 0 amide bonds. The molecule has 2 heterocycles. The van der Waals surface area contributed by atoms with E-state index in [4.69, 9.17) is 25.5 Å².